The van der Waals surface area contributed by atoms with Gasteiger partial charge in [-0.1, -0.05) is 22.0 Å². The van der Waals surface area contributed by atoms with Crippen molar-refractivity contribution in [3.63, 3.8) is 0 Å². The normalized spacial score (nSPS) is 16.2. The summed E-state index contributed by atoms with van der Waals surface area (Å²) in [5.74, 6) is 0.810. The van der Waals surface area contributed by atoms with E-state index in [-0.39, 0.29) is 12.0 Å². The molecular formula is C18H17BrN2O2. The van der Waals surface area contributed by atoms with Crippen LogP contribution in [0, 0.1) is 6.92 Å². The van der Waals surface area contributed by atoms with Crippen LogP contribution >= 0.6 is 15.9 Å². The summed E-state index contributed by atoms with van der Waals surface area (Å²) in [5, 5.41) is 2.88. The molecule has 3 rings (SSSR count). The van der Waals surface area contributed by atoms with Gasteiger partial charge in [0.05, 0.1) is 6.54 Å². The molecule has 0 bridgehead atoms. The monoisotopic (exact) mass is 372 g/mol. The number of amides is 1. The van der Waals surface area contributed by atoms with Gasteiger partial charge in [-0.25, -0.2) is 0 Å². The number of aryl methyl sites for hydroxylation is 1. The first-order valence-corrected chi connectivity index (χ1v) is 8.23. The van der Waals surface area contributed by atoms with Gasteiger partial charge >= 0.3 is 0 Å². The van der Waals surface area contributed by atoms with Crippen molar-refractivity contribution in [1.82, 2.24) is 10.3 Å². The average molecular weight is 373 g/mol. The van der Waals surface area contributed by atoms with Gasteiger partial charge in [0, 0.05) is 29.4 Å². The molecule has 1 atom stereocenters. The van der Waals surface area contributed by atoms with E-state index in [9.17, 15) is 4.79 Å². The number of hydrogen-bond acceptors (Lipinski definition) is 3. The predicted molar refractivity (Wildman–Crippen MR) is 93.3 cm³/mol. The van der Waals surface area contributed by atoms with E-state index < -0.39 is 0 Å². The Balaban J connectivity index is 1.53. The van der Waals surface area contributed by atoms with Gasteiger partial charge in [-0.3, -0.25) is 9.78 Å². The molecule has 1 amide bonds. The summed E-state index contributed by atoms with van der Waals surface area (Å²) in [4.78, 5) is 15.9. The Bertz CT molecular complexity index is 744. The van der Waals surface area contributed by atoms with E-state index >= 15 is 0 Å². The molecule has 23 heavy (non-hydrogen) atoms. The number of carbonyl (C=O) groups is 1. The number of carbonyl (C=O) groups excluding carboxylic acids is 1. The predicted octanol–water partition coefficient (Wildman–Crippen LogP) is 3.29. The number of nitrogens with zero attached hydrogens (tertiary/aromatic N) is 1. The molecule has 0 fully saturated rings. The molecule has 1 aromatic carbocycles. The van der Waals surface area contributed by atoms with Crippen molar-refractivity contribution in [3.05, 3.63) is 63.9 Å². The number of fused-ring (bicyclic) bond motifs is 1. The fourth-order valence-electron chi connectivity index (χ4n) is 2.61. The van der Waals surface area contributed by atoms with Crippen LogP contribution in [0.3, 0.4) is 0 Å². The molecule has 2 heterocycles. The Labute approximate surface area is 143 Å². The SMILES string of the molecule is Cc1cc(Br)cc2c1OC(CNC(=O)C=Cc1cccnc1)C2. The van der Waals surface area contributed by atoms with Crippen LogP contribution in [0.5, 0.6) is 5.75 Å². The molecule has 1 aliphatic rings. The van der Waals surface area contributed by atoms with Crippen LogP contribution in [-0.2, 0) is 11.2 Å². The molecule has 1 aromatic heterocycles. The third-order valence-corrected chi connectivity index (χ3v) is 4.12. The summed E-state index contributed by atoms with van der Waals surface area (Å²) in [6.45, 7) is 2.52. The summed E-state index contributed by atoms with van der Waals surface area (Å²) >= 11 is 3.50. The summed E-state index contributed by atoms with van der Waals surface area (Å²) < 4.78 is 6.99. The van der Waals surface area contributed by atoms with Gasteiger partial charge < -0.3 is 10.1 Å². The van der Waals surface area contributed by atoms with Crippen molar-refractivity contribution in [2.24, 2.45) is 0 Å². The van der Waals surface area contributed by atoms with Crippen LogP contribution < -0.4 is 10.1 Å². The lowest BCUT2D eigenvalue weighted by Gasteiger charge is -2.11. The van der Waals surface area contributed by atoms with Crippen molar-refractivity contribution in [2.75, 3.05) is 6.54 Å². The number of aromatic nitrogens is 1. The minimum Gasteiger partial charge on any atom is -0.488 e. The largest absolute Gasteiger partial charge is 0.488 e. The molecule has 4 nitrogen and oxygen atoms in total. The van der Waals surface area contributed by atoms with Crippen molar-refractivity contribution < 1.29 is 9.53 Å². The molecule has 0 saturated carbocycles. The first-order valence-electron chi connectivity index (χ1n) is 7.43. The van der Waals surface area contributed by atoms with Crippen molar-refractivity contribution in [2.45, 2.75) is 19.4 Å². The number of pyridine rings is 1. The molecule has 1 N–H and O–H groups in total. The van der Waals surface area contributed by atoms with Gasteiger partial charge in [-0.05, 0) is 47.9 Å². The number of ether oxygens (including phenoxy) is 1. The molecule has 0 radical (unpaired) electrons. The number of hydrogen-bond donors (Lipinski definition) is 1. The van der Waals surface area contributed by atoms with Gasteiger partial charge in [0.15, 0.2) is 0 Å². The van der Waals surface area contributed by atoms with Crippen LogP contribution in [0.25, 0.3) is 6.08 Å². The first-order chi connectivity index (χ1) is 11.1. The maximum atomic E-state index is 11.9. The minimum atomic E-state index is -0.133. The van der Waals surface area contributed by atoms with Crippen molar-refractivity contribution >= 4 is 27.9 Å². The van der Waals surface area contributed by atoms with Crippen LogP contribution in [0.1, 0.15) is 16.7 Å². The molecule has 1 unspecified atom stereocenters. The summed E-state index contributed by atoms with van der Waals surface area (Å²) in [6, 6.07) is 7.85. The van der Waals surface area contributed by atoms with E-state index in [2.05, 4.69) is 32.3 Å². The Morgan fingerprint density at radius 3 is 3.17 bits per heavy atom. The first kappa shape index (κ1) is 15.7. The van der Waals surface area contributed by atoms with E-state index in [0.29, 0.717) is 6.54 Å². The highest BCUT2D eigenvalue weighted by Gasteiger charge is 2.24. The van der Waals surface area contributed by atoms with Gasteiger partial charge in [0.2, 0.25) is 5.91 Å². The van der Waals surface area contributed by atoms with Gasteiger partial charge in [0.25, 0.3) is 0 Å². The standard InChI is InChI=1S/C18H17BrN2O2/c1-12-7-15(19)8-14-9-16(23-18(12)14)11-21-17(22)5-4-13-3-2-6-20-10-13/h2-8,10,16H,9,11H2,1H3,(H,21,22). The summed E-state index contributed by atoms with van der Waals surface area (Å²) in [6.07, 6.45) is 7.46. The fraction of sp³-hybridized carbons (Fsp3) is 0.222. The molecule has 0 spiro atoms. The van der Waals surface area contributed by atoms with E-state index in [1.807, 2.05) is 25.1 Å². The number of halogens is 1. The summed E-state index contributed by atoms with van der Waals surface area (Å²) in [5.41, 5.74) is 3.19. The number of nitrogens with one attached hydrogen (secondary N) is 1. The lowest BCUT2D eigenvalue weighted by Crippen LogP contribution is -2.33. The van der Waals surface area contributed by atoms with E-state index in [1.54, 1.807) is 18.5 Å². The molecule has 0 aliphatic carbocycles. The quantitative estimate of drug-likeness (QED) is 0.837. The van der Waals surface area contributed by atoms with Crippen LogP contribution in [0.15, 0.2) is 47.2 Å². The lowest BCUT2D eigenvalue weighted by molar-refractivity contribution is -0.116. The molecule has 118 valence electrons. The molecular weight excluding hydrogens is 356 g/mol. The topological polar surface area (TPSA) is 51.2 Å². The Hall–Kier alpha value is -2.14. The fourth-order valence-corrected chi connectivity index (χ4v) is 3.23. The van der Waals surface area contributed by atoms with Crippen LogP contribution in [0.2, 0.25) is 0 Å². The van der Waals surface area contributed by atoms with E-state index in [0.717, 1.165) is 27.8 Å². The van der Waals surface area contributed by atoms with Crippen LogP contribution in [0.4, 0.5) is 0 Å². The third-order valence-electron chi connectivity index (χ3n) is 3.66. The second-order valence-electron chi connectivity index (χ2n) is 5.52. The molecule has 5 heteroatoms. The maximum Gasteiger partial charge on any atom is 0.244 e. The number of rotatable bonds is 4. The average Bonchev–Trinajstić information content (AvgIpc) is 2.95. The Morgan fingerprint density at radius 1 is 1.52 bits per heavy atom. The van der Waals surface area contributed by atoms with E-state index in [4.69, 9.17) is 4.74 Å². The smallest absolute Gasteiger partial charge is 0.244 e. The molecule has 1 aliphatic heterocycles. The third kappa shape index (κ3) is 3.99. The lowest BCUT2D eigenvalue weighted by atomic mass is 10.1. The zero-order chi connectivity index (χ0) is 16.2. The van der Waals surface area contributed by atoms with Gasteiger partial charge in [0.1, 0.15) is 11.9 Å². The molecule has 0 saturated heterocycles. The number of benzene rings is 1. The molecule has 2 aromatic rings. The van der Waals surface area contributed by atoms with Gasteiger partial charge in [-0.15, -0.1) is 0 Å². The Morgan fingerprint density at radius 2 is 2.39 bits per heavy atom. The minimum absolute atomic E-state index is 0.0197. The highest BCUT2D eigenvalue weighted by molar-refractivity contribution is 9.10. The zero-order valence-corrected chi connectivity index (χ0v) is 14.3. The highest BCUT2D eigenvalue weighted by atomic mass is 79.9. The van der Waals surface area contributed by atoms with Crippen LogP contribution in [-0.4, -0.2) is 23.5 Å². The van der Waals surface area contributed by atoms with Gasteiger partial charge in [-0.2, -0.15) is 0 Å². The van der Waals surface area contributed by atoms with Crippen molar-refractivity contribution in [1.29, 1.82) is 0 Å². The zero-order valence-electron chi connectivity index (χ0n) is 12.8. The second-order valence-corrected chi connectivity index (χ2v) is 6.44. The van der Waals surface area contributed by atoms with E-state index in [1.165, 1.54) is 11.6 Å². The highest BCUT2D eigenvalue weighted by Crippen LogP contribution is 2.34. The van der Waals surface area contributed by atoms with Crippen molar-refractivity contribution in [3.8, 4) is 5.75 Å². The maximum absolute atomic E-state index is 11.9. The second kappa shape index (κ2) is 6.96. The Kier molecular flexibility index (Phi) is 4.76. The summed E-state index contributed by atoms with van der Waals surface area (Å²) in [7, 11) is 0.